The van der Waals surface area contributed by atoms with Crippen LogP contribution in [0.4, 0.5) is 16.2 Å². The number of pyridine rings is 1. The Morgan fingerprint density at radius 3 is 2.48 bits per heavy atom. The topological polar surface area (TPSA) is 65.9 Å². The number of hydrogen-bond acceptors (Lipinski definition) is 6. The van der Waals surface area contributed by atoms with E-state index in [1.54, 1.807) is 12.4 Å². The van der Waals surface area contributed by atoms with Gasteiger partial charge in [-0.15, -0.1) is 0 Å². The quantitative estimate of drug-likeness (QED) is 0.508. The summed E-state index contributed by atoms with van der Waals surface area (Å²) in [5.41, 5.74) is 6.10. The first-order valence-corrected chi connectivity index (χ1v) is 11.0. The average Bonchev–Trinajstić information content (AvgIpc) is 3.28. The molecule has 8 heteroatoms. The van der Waals surface area contributed by atoms with Gasteiger partial charge in [-0.3, -0.25) is 20.1 Å². The Bertz CT molecular complexity index is 1220. The molecule has 1 saturated heterocycles. The SMILES string of the molecule is CN(c1ccncc1)n1ccc2cc(OC(=O)NN3CCN(c4ccccc4)CC3)ccc21. The van der Waals surface area contributed by atoms with Gasteiger partial charge in [0.05, 0.1) is 11.2 Å². The van der Waals surface area contributed by atoms with Gasteiger partial charge in [0.2, 0.25) is 0 Å². The molecule has 0 bridgehead atoms. The highest BCUT2D eigenvalue weighted by Crippen LogP contribution is 2.24. The Morgan fingerprint density at radius 2 is 1.73 bits per heavy atom. The van der Waals surface area contributed by atoms with E-state index >= 15 is 0 Å². The molecule has 1 aliphatic rings. The summed E-state index contributed by atoms with van der Waals surface area (Å²) in [5, 5.41) is 4.92. The summed E-state index contributed by atoms with van der Waals surface area (Å²) in [6, 6.07) is 21.9. The number of amides is 1. The van der Waals surface area contributed by atoms with Crippen LogP contribution in [0.3, 0.4) is 0 Å². The van der Waals surface area contributed by atoms with Gasteiger partial charge >= 0.3 is 6.09 Å². The molecule has 0 radical (unpaired) electrons. The highest BCUT2D eigenvalue weighted by atomic mass is 16.6. The second-order valence-corrected chi connectivity index (χ2v) is 7.92. The first-order chi connectivity index (χ1) is 16.2. The number of nitrogens with zero attached hydrogens (tertiary/aromatic N) is 5. The molecule has 1 amide bonds. The van der Waals surface area contributed by atoms with Crippen LogP contribution >= 0.6 is 0 Å². The molecular formula is C25H26N6O2. The van der Waals surface area contributed by atoms with Gasteiger partial charge in [0.1, 0.15) is 5.75 Å². The van der Waals surface area contributed by atoms with Crippen molar-refractivity contribution >= 4 is 28.4 Å². The highest BCUT2D eigenvalue weighted by Gasteiger charge is 2.19. The van der Waals surface area contributed by atoms with E-state index in [1.165, 1.54) is 5.69 Å². The van der Waals surface area contributed by atoms with E-state index in [0.717, 1.165) is 42.8 Å². The lowest BCUT2D eigenvalue weighted by molar-refractivity contribution is 0.139. The van der Waals surface area contributed by atoms with Crippen molar-refractivity contribution in [3.63, 3.8) is 0 Å². The van der Waals surface area contributed by atoms with Gasteiger partial charge in [0.25, 0.3) is 0 Å². The number of hydrogen-bond donors (Lipinski definition) is 1. The Morgan fingerprint density at radius 1 is 0.970 bits per heavy atom. The van der Waals surface area contributed by atoms with Crippen molar-refractivity contribution in [2.45, 2.75) is 0 Å². The van der Waals surface area contributed by atoms with Crippen molar-refractivity contribution in [1.82, 2.24) is 20.1 Å². The van der Waals surface area contributed by atoms with Crippen LogP contribution in [0.2, 0.25) is 0 Å². The van der Waals surface area contributed by atoms with Gasteiger partial charge in [0.15, 0.2) is 0 Å². The molecule has 0 unspecified atom stereocenters. The first kappa shape index (κ1) is 20.8. The number of piperazine rings is 1. The summed E-state index contributed by atoms with van der Waals surface area (Å²) in [4.78, 5) is 18.8. The molecular weight excluding hydrogens is 416 g/mol. The molecule has 0 saturated carbocycles. The Hall–Kier alpha value is -4.04. The van der Waals surface area contributed by atoms with Crippen LogP contribution < -0.4 is 20.1 Å². The monoisotopic (exact) mass is 442 g/mol. The fourth-order valence-corrected chi connectivity index (χ4v) is 4.09. The van der Waals surface area contributed by atoms with Crippen LogP contribution in [0, 0.1) is 0 Å². The van der Waals surface area contributed by atoms with E-state index in [0.29, 0.717) is 5.75 Å². The van der Waals surface area contributed by atoms with E-state index in [4.69, 9.17) is 4.74 Å². The van der Waals surface area contributed by atoms with Crippen molar-refractivity contribution in [2.75, 3.05) is 43.1 Å². The number of carbonyl (C=O) groups excluding carboxylic acids is 1. The molecule has 168 valence electrons. The smallest absolute Gasteiger partial charge is 0.409 e. The summed E-state index contributed by atoms with van der Waals surface area (Å²) >= 11 is 0. The number of benzene rings is 2. The molecule has 33 heavy (non-hydrogen) atoms. The zero-order valence-electron chi connectivity index (χ0n) is 18.5. The van der Waals surface area contributed by atoms with Crippen LogP contribution in [0.25, 0.3) is 10.9 Å². The molecule has 2 aromatic heterocycles. The van der Waals surface area contributed by atoms with E-state index < -0.39 is 6.09 Å². The first-order valence-electron chi connectivity index (χ1n) is 11.0. The molecule has 0 aliphatic carbocycles. The van der Waals surface area contributed by atoms with Crippen LogP contribution in [0.5, 0.6) is 5.75 Å². The van der Waals surface area contributed by atoms with Crippen molar-refractivity contribution in [1.29, 1.82) is 0 Å². The maximum atomic E-state index is 12.5. The Balaban J connectivity index is 1.19. The standard InChI is InChI=1S/C25H26N6O2/c1-28(21-9-12-26-13-10-21)31-14-11-20-19-23(7-8-24(20)31)33-25(32)27-30-17-15-29(16-18-30)22-5-3-2-4-6-22/h2-14,19H,15-18H2,1H3,(H,27,32). The zero-order valence-corrected chi connectivity index (χ0v) is 18.5. The van der Waals surface area contributed by atoms with E-state index in [1.807, 2.05) is 82.5 Å². The Labute approximate surface area is 192 Å². The number of nitrogens with one attached hydrogen (secondary N) is 1. The molecule has 1 N–H and O–H groups in total. The molecule has 8 nitrogen and oxygen atoms in total. The fraction of sp³-hybridized carbons (Fsp3) is 0.200. The van der Waals surface area contributed by atoms with Crippen molar-refractivity contribution in [3.05, 3.63) is 85.3 Å². The normalized spacial score (nSPS) is 14.3. The third kappa shape index (κ3) is 4.61. The second kappa shape index (κ2) is 9.22. The van der Waals surface area contributed by atoms with Gasteiger partial charge in [-0.2, -0.15) is 0 Å². The Kier molecular flexibility index (Phi) is 5.82. The summed E-state index contributed by atoms with van der Waals surface area (Å²) in [6.07, 6.45) is 5.05. The molecule has 1 aliphatic heterocycles. The maximum absolute atomic E-state index is 12.5. The summed E-state index contributed by atoms with van der Waals surface area (Å²) < 4.78 is 7.60. The molecule has 0 atom stereocenters. The van der Waals surface area contributed by atoms with Crippen molar-refractivity contribution < 1.29 is 9.53 Å². The molecule has 0 spiro atoms. The molecule has 3 heterocycles. The van der Waals surface area contributed by atoms with Gasteiger partial charge in [0, 0.05) is 62.9 Å². The number of anilines is 2. The largest absolute Gasteiger partial charge is 0.427 e. The van der Waals surface area contributed by atoms with Crippen molar-refractivity contribution in [3.8, 4) is 5.75 Å². The van der Waals surface area contributed by atoms with E-state index in [-0.39, 0.29) is 0 Å². The number of hydrazine groups is 1. The molecule has 1 fully saturated rings. The minimum atomic E-state index is -0.476. The van der Waals surface area contributed by atoms with E-state index in [9.17, 15) is 4.79 Å². The molecule has 4 aromatic rings. The number of rotatable bonds is 5. The highest BCUT2D eigenvalue weighted by molar-refractivity contribution is 5.83. The predicted octanol–water partition coefficient (Wildman–Crippen LogP) is 3.76. The fourth-order valence-electron chi connectivity index (χ4n) is 4.09. The number of para-hydroxylation sites is 1. The average molecular weight is 443 g/mol. The number of carbonyl (C=O) groups is 1. The van der Waals surface area contributed by atoms with Gasteiger partial charge < -0.3 is 9.64 Å². The van der Waals surface area contributed by atoms with E-state index in [2.05, 4.69) is 27.4 Å². The van der Waals surface area contributed by atoms with Crippen molar-refractivity contribution in [2.24, 2.45) is 0 Å². The number of fused-ring (bicyclic) bond motifs is 1. The predicted molar refractivity (Wildman–Crippen MR) is 129 cm³/mol. The van der Waals surface area contributed by atoms with Crippen LogP contribution in [-0.4, -0.2) is 54.0 Å². The molecule has 5 rings (SSSR count). The summed E-state index contributed by atoms with van der Waals surface area (Å²) in [7, 11) is 1.99. The third-order valence-corrected chi connectivity index (χ3v) is 5.86. The summed E-state index contributed by atoms with van der Waals surface area (Å²) in [6.45, 7) is 3.14. The van der Waals surface area contributed by atoms with Crippen LogP contribution in [-0.2, 0) is 0 Å². The molecule has 2 aromatic carbocycles. The maximum Gasteiger partial charge on any atom is 0.427 e. The number of aromatic nitrogens is 2. The second-order valence-electron chi connectivity index (χ2n) is 7.92. The lowest BCUT2D eigenvalue weighted by Gasteiger charge is -2.35. The minimum absolute atomic E-state index is 0.476. The summed E-state index contributed by atoms with van der Waals surface area (Å²) in [5.74, 6) is 0.507. The van der Waals surface area contributed by atoms with Crippen LogP contribution in [0.1, 0.15) is 0 Å². The van der Waals surface area contributed by atoms with Crippen LogP contribution in [0.15, 0.2) is 85.3 Å². The third-order valence-electron chi connectivity index (χ3n) is 5.86. The van der Waals surface area contributed by atoms with Gasteiger partial charge in [-0.05, 0) is 48.5 Å². The lowest BCUT2D eigenvalue weighted by Crippen LogP contribution is -2.54. The number of ether oxygens (including phenoxy) is 1. The zero-order chi connectivity index (χ0) is 22.6. The van der Waals surface area contributed by atoms with Gasteiger partial charge in [-0.1, -0.05) is 18.2 Å². The minimum Gasteiger partial charge on any atom is -0.409 e. The lowest BCUT2D eigenvalue weighted by atomic mass is 10.2. The van der Waals surface area contributed by atoms with Gasteiger partial charge in [-0.25, -0.2) is 9.80 Å².